The van der Waals surface area contributed by atoms with Crippen molar-refractivity contribution in [2.45, 2.75) is 26.7 Å². The second kappa shape index (κ2) is 6.02. The highest BCUT2D eigenvalue weighted by atomic mass is 15.0. The minimum atomic E-state index is 0.499. The van der Waals surface area contributed by atoms with E-state index in [2.05, 4.69) is 28.3 Å². The molecule has 0 saturated heterocycles. The van der Waals surface area contributed by atoms with E-state index in [4.69, 9.17) is 11.0 Å². The lowest BCUT2D eigenvalue weighted by Gasteiger charge is -2.13. The fourth-order valence-electron chi connectivity index (χ4n) is 1.98. The van der Waals surface area contributed by atoms with Crippen molar-refractivity contribution in [1.82, 2.24) is 9.97 Å². The van der Waals surface area contributed by atoms with Gasteiger partial charge in [-0.15, -0.1) is 0 Å². The van der Waals surface area contributed by atoms with E-state index in [1.54, 1.807) is 6.07 Å². The number of nitrogens with zero attached hydrogens (tertiary/aromatic N) is 3. The lowest BCUT2D eigenvalue weighted by Crippen LogP contribution is -2.06. The van der Waals surface area contributed by atoms with E-state index < -0.39 is 0 Å². The van der Waals surface area contributed by atoms with E-state index in [9.17, 15) is 0 Å². The molecule has 3 N–H and O–H groups in total. The van der Waals surface area contributed by atoms with Gasteiger partial charge in [0, 0.05) is 11.3 Å². The van der Waals surface area contributed by atoms with Crippen molar-refractivity contribution in [1.29, 1.82) is 5.26 Å². The van der Waals surface area contributed by atoms with Crippen LogP contribution >= 0.6 is 0 Å². The molecular weight excluding hydrogens is 250 g/mol. The van der Waals surface area contributed by atoms with E-state index >= 15 is 0 Å². The zero-order chi connectivity index (χ0) is 14.5. The van der Waals surface area contributed by atoms with Crippen molar-refractivity contribution < 1.29 is 0 Å². The van der Waals surface area contributed by atoms with Gasteiger partial charge < -0.3 is 11.1 Å². The van der Waals surface area contributed by atoms with Gasteiger partial charge in [0.15, 0.2) is 0 Å². The minimum absolute atomic E-state index is 0.499. The molecule has 20 heavy (non-hydrogen) atoms. The smallest absolute Gasteiger partial charge is 0.139 e. The van der Waals surface area contributed by atoms with Crippen molar-refractivity contribution in [3.05, 3.63) is 41.2 Å². The van der Waals surface area contributed by atoms with Crippen LogP contribution in [0.4, 0.5) is 17.3 Å². The topological polar surface area (TPSA) is 87.6 Å². The molecule has 5 nitrogen and oxygen atoms in total. The molecule has 0 fully saturated rings. The molecule has 0 aliphatic rings. The molecule has 0 bridgehead atoms. The summed E-state index contributed by atoms with van der Waals surface area (Å²) in [5, 5.41) is 12.2. The van der Waals surface area contributed by atoms with Gasteiger partial charge in [-0.3, -0.25) is 0 Å². The molecule has 2 aromatic rings. The summed E-state index contributed by atoms with van der Waals surface area (Å²) in [7, 11) is 0. The van der Waals surface area contributed by atoms with E-state index in [0.717, 1.165) is 29.7 Å². The molecule has 0 aliphatic heterocycles. The van der Waals surface area contributed by atoms with Crippen LogP contribution in [0.5, 0.6) is 0 Å². The maximum atomic E-state index is 8.98. The molecule has 0 unspecified atom stereocenters. The predicted octanol–water partition coefficient (Wildman–Crippen LogP) is 2.94. The number of benzene rings is 1. The summed E-state index contributed by atoms with van der Waals surface area (Å²) in [6, 6.07) is 7.64. The SMILES string of the molecule is CCCc1c(N)ncnc1Nc1cc(C#N)ccc1C. The van der Waals surface area contributed by atoms with Crippen LogP contribution in [0, 0.1) is 18.3 Å². The van der Waals surface area contributed by atoms with Gasteiger partial charge in [0.05, 0.1) is 11.6 Å². The summed E-state index contributed by atoms with van der Waals surface area (Å²) in [6.07, 6.45) is 3.22. The van der Waals surface area contributed by atoms with Crippen molar-refractivity contribution in [3.63, 3.8) is 0 Å². The summed E-state index contributed by atoms with van der Waals surface area (Å²) in [6.45, 7) is 4.06. The second-order valence-corrected chi connectivity index (χ2v) is 4.60. The third-order valence-electron chi connectivity index (χ3n) is 3.10. The number of nitriles is 1. The van der Waals surface area contributed by atoms with Gasteiger partial charge in [-0.1, -0.05) is 19.4 Å². The Labute approximate surface area is 118 Å². The Bertz CT molecular complexity index is 658. The van der Waals surface area contributed by atoms with Crippen LogP contribution in [0.15, 0.2) is 24.5 Å². The van der Waals surface area contributed by atoms with Crippen LogP contribution in [0.3, 0.4) is 0 Å². The molecular formula is C15H17N5. The van der Waals surface area contributed by atoms with Crippen LogP contribution < -0.4 is 11.1 Å². The van der Waals surface area contributed by atoms with Gasteiger partial charge in [0.2, 0.25) is 0 Å². The normalized spacial score (nSPS) is 10.1. The average Bonchev–Trinajstić information content (AvgIpc) is 2.45. The summed E-state index contributed by atoms with van der Waals surface area (Å²) < 4.78 is 0. The number of nitrogens with one attached hydrogen (secondary N) is 1. The third-order valence-corrected chi connectivity index (χ3v) is 3.10. The lowest BCUT2D eigenvalue weighted by molar-refractivity contribution is 0.908. The van der Waals surface area contributed by atoms with E-state index in [-0.39, 0.29) is 0 Å². The molecule has 0 saturated carbocycles. The number of aryl methyl sites for hydroxylation is 1. The molecule has 2 rings (SSSR count). The highest BCUT2D eigenvalue weighted by Gasteiger charge is 2.10. The van der Waals surface area contributed by atoms with Crippen LogP contribution in [0.25, 0.3) is 0 Å². The minimum Gasteiger partial charge on any atom is -0.383 e. The lowest BCUT2D eigenvalue weighted by atomic mass is 10.1. The van der Waals surface area contributed by atoms with Gasteiger partial charge in [-0.2, -0.15) is 5.26 Å². The summed E-state index contributed by atoms with van der Waals surface area (Å²) in [5.41, 5.74) is 9.34. The molecule has 1 aromatic heterocycles. The second-order valence-electron chi connectivity index (χ2n) is 4.60. The first-order chi connectivity index (χ1) is 9.65. The van der Waals surface area contributed by atoms with Crippen LogP contribution in [-0.4, -0.2) is 9.97 Å². The fourth-order valence-corrected chi connectivity index (χ4v) is 1.98. The van der Waals surface area contributed by atoms with E-state index in [0.29, 0.717) is 17.2 Å². The highest BCUT2D eigenvalue weighted by Crippen LogP contribution is 2.25. The summed E-state index contributed by atoms with van der Waals surface area (Å²) >= 11 is 0. The Balaban J connectivity index is 2.40. The Hall–Kier alpha value is -2.61. The maximum Gasteiger partial charge on any atom is 0.139 e. The predicted molar refractivity (Wildman–Crippen MR) is 79.6 cm³/mol. The summed E-state index contributed by atoms with van der Waals surface area (Å²) in [4.78, 5) is 8.30. The Morgan fingerprint density at radius 3 is 2.85 bits per heavy atom. The first-order valence-electron chi connectivity index (χ1n) is 6.52. The Morgan fingerprint density at radius 2 is 2.15 bits per heavy atom. The first-order valence-corrected chi connectivity index (χ1v) is 6.52. The number of nitrogens with two attached hydrogens (primary N) is 1. The molecule has 1 heterocycles. The van der Waals surface area contributed by atoms with Gasteiger partial charge in [-0.25, -0.2) is 9.97 Å². The number of hydrogen-bond donors (Lipinski definition) is 2. The maximum absolute atomic E-state index is 8.98. The fraction of sp³-hybridized carbons (Fsp3) is 0.267. The number of anilines is 3. The van der Waals surface area contributed by atoms with Crippen LogP contribution in [0.1, 0.15) is 30.0 Å². The molecule has 5 heteroatoms. The molecule has 0 radical (unpaired) electrons. The molecule has 0 aliphatic carbocycles. The largest absolute Gasteiger partial charge is 0.383 e. The van der Waals surface area contributed by atoms with Crippen molar-refractivity contribution in [3.8, 4) is 6.07 Å². The zero-order valence-corrected chi connectivity index (χ0v) is 11.6. The standard InChI is InChI=1S/C15H17N5/c1-3-4-12-14(17)18-9-19-15(12)20-13-7-11(8-16)6-5-10(13)2/h5-7,9H,3-4H2,1-2H3,(H3,17,18,19,20). The molecule has 0 spiro atoms. The molecule has 102 valence electrons. The quantitative estimate of drug-likeness (QED) is 0.889. The summed E-state index contributed by atoms with van der Waals surface area (Å²) in [5.74, 6) is 1.20. The molecule has 1 aromatic carbocycles. The van der Waals surface area contributed by atoms with Gasteiger partial charge >= 0.3 is 0 Å². The van der Waals surface area contributed by atoms with E-state index in [1.165, 1.54) is 6.33 Å². The van der Waals surface area contributed by atoms with Gasteiger partial charge in [0.1, 0.15) is 18.0 Å². The van der Waals surface area contributed by atoms with Gasteiger partial charge in [0.25, 0.3) is 0 Å². The van der Waals surface area contributed by atoms with Crippen molar-refractivity contribution in [2.24, 2.45) is 0 Å². The average molecular weight is 267 g/mol. The van der Waals surface area contributed by atoms with Crippen LogP contribution in [-0.2, 0) is 6.42 Å². The number of rotatable bonds is 4. The zero-order valence-electron chi connectivity index (χ0n) is 11.6. The monoisotopic (exact) mass is 267 g/mol. The number of nitrogen functional groups attached to an aromatic ring is 1. The van der Waals surface area contributed by atoms with Crippen molar-refractivity contribution in [2.75, 3.05) is 11.1 Å². The Kier molecular flexibility index (Phi) is 4.16. The first kappa shape index (κ1) is 13.8. The van der Waals surface area contributed by atoms with Gasteiger partial charge in [-0.05, 0) is 31.0 Å². The van der Waals surface area contributed by atoms with Crippen molar-refractivity contribution >= 4 is 17.3 Å². The Morgan fingerprint density at radius 1 is 1.35 bits per heavy atom. The third kappa shape index (κ3) is 2.86. The molecule has 0 amide bonds. The molecule has 0 atom stereocenters. The number of aromatic nitrogens is 2. The van der Waals surface area contributed by atoms with Crippen LogP contribution in [0.2, 0.25) is 0 Å². The van der Waals surface area contributed by atoms with E-state index in [1.807, 2.05) is 19.1 Å². The highest BCUT2D eigenvalue weighted by molar-refractivity contribution is 5.67. The number of hydrogen-bond acceptors (Lipinski definition) is 5.